The van der Waals surface area contributed by atoms with E-state index in [1.54, 1.807) is 0 Å². The average molecular weight is 404 g/mol. The highest BCUT2D eigenvalue weighted by molar-refractivity contribution is 5.45. The fourth-order valence-electron chi connectivity index (χ4n) is 5.90. The number of benzene rings is 2. The second kappa shape index (κ2) is 7.07. The maximum atomic E-state index is 6.60. The standard InChI is InChI=1S/C26H31N2O2/c1-5-29-26(30-6-2)22-20-14-10-11-15-21(20)23(25(26,3)4)28-17-16-27(24(22)28)18-19-12-8-7-9-13-19/h7-17,22-23H,5-6,18H2,1-4H3/q+1/t22-,23-/m0/s1. The van der Waals surface area contributed by atoms with Crippen molar-refractivity contribution in [1.82, 2.24) is 4.57 Å². The molecule has 2 aliphatic heterocycles. The van der Waals surface area contributed by atoms with Crippen LogP contribution in [0.3, 0.4) is 0 Å². The number of hydrogen-bond donors (Lipinski definition) is 0. The number of rotatable bonds is 6. The molecule has 0 amide bonds. The van der Waals surface area contributed by atoms with Crippen molar-refractivity contribution in [1.29, 1.82) is 0 Å². The van der Waals surface area contributed by atoms with Gasteiger partial charge in [0.15, 0.2) is 5.79 Å². The van der Waals surface area contributed by atoms with Gasteiger partial charge in [-0.1, -0.05) is 68.4 Å². The summed E-state index contributed by atoms with van der Waals surface area (Å²) in [6.07, 6.45) is 4.47. The Morgan fingerprint density at radius 1 is 0.900 bits per heavy atom. The summed E-state index contributed by atoms with van der Waals surface area (Å²) in [5, 5.41) is 0. The molecule has 6 rings (SSSR count). The van der Waals surface area contributed by atoms with Crippen molar-refractivity contribution < 1.29 is 14.0 Å². The van der Waals surface area contributed by atoms with Gasteiger partial charge in [-0.05, 0) is 25.0 Å². The van der Waals surface area contributed by atoms with Gasteiger partial charge in [0.25, 0.3) is 5.82 Å². The Hall–Kier alpha value is -2.43. The van der Waals surface area contributed by atoms with Crippen molar-refractivity contribution in [2.24, 2.45) is 5.41 Å². The highest BCUT2D eigenvalue weighted by atomic mass is 16.7. The molecule has 0 radical (unpaired) electrons. The van der Waals surface area contributed by atoms with Gasteiger partial charge in [-0.15, -0.1) is 0 Å². The Kier molecular flexibility index (Phi) is 4.60. The molecule has 156 valence electrons. The van der Waals surface area contributed by atoms with Gasteiger partial charge in [0.1, 0.15) is 30.9 Å². The van der Waals surface area contributed by atoms with E-state index >= 15 is 0 Å². The van der Waals surface area contributed by atoms with Crippen LogP contribution in [0.25, 0.3) is 0 Å². The first kappa shape index (κ1) is 19.5. The fourth-order valence-corrected chi connectivity index (χ4v) is 5.90. The van der Waals surface area contributed by atoms with Crippen LogP contribution in [0.2, 0.25) is 0 Å². The highest BCUT2D eigenvalue weighted by Crippen LogP contribution is 2.61. The Morgan fingerprint density at radius 3 is 2.20 bits per heavy atom. The van der Waals surface area contributed by atoms with Crippen LogP contribution in [0.1, 0.15) is 62.2 Å². The first-order valence-corrected chi connectivity index (χ1v) is 11.1. The minimum absolute atomic E-state index is 0.00677. The van der Waals surface area contributed by atoms with Crippen LogP contribution in [-0.2, 0) is 16.0 Å². The van der Waals surface area contributed by atoms with Gasteiger partial charge in [-0.25, -0.2) is 9.13 Å². The van der Waals surface area contributed by atoms with E-state index < -0.39 is 5.79 Å². The Bertz CT molecular complexity index is 1050. The molecule has 0 fully saturated rings. The number of nitrogens with zero attached hydrogens (tertiary/aromatic N) is 2. The Labute approximate surface area is 179 Å². The lowest BCUT2D eigenvalue weighted by Crippen LogP contribution is -2.71. The summed E-state index contributed by atoms with van der Waals surface area (Å²) in [4.78, 5) is 0. The van der Waals surface area contributed by atoms with E-state index in [0.29, 0.717) is 13.2 Å². The van der Waals surface area contributed by atoms with Gasteiger partial charge in [-0.2, -0.15) is 0 Å². The summed E-state index contributed by atoms with van der Waals surface area (Å²) in [6.45, 7) is 10.8. The molecular weight excluding hydrogens is 372 g/mol. The van der Waals surface area contributed by atoms with Crippen LogP contribution in [0.4, 0.5) is 0 Å². The minimum atomic E-state index is -0.706. The molecule has 0 saturated carbocycles. The van der Waals surface area contributed by atoms with E-state index in [4.69, 9.17) is 9.47 Å². The predicted octanol–water partition coefficient (Wildman–Crippen LogP) is 4.67. The predicted molar refractivity (Wildman–Crippen MR) is 116 cm³/mol. The quantitative estimate of drug-likeness (QED) is 0.442. The summed E-state index contributed by atoms with van der Waals surface area (Å²) < 4.78 is 18.0. The number of fused-ring (bicyclic) bond motifs is 1. The van der Waals surface area contributed by atoms with Crippen molar-refractivity contribution in [2.75, 3.05) is 13.2 Å². The first-order chi connectivity index (χ1) is 14.5. The van der Waals surface area contributed by atoms with Gasteiger partial charge < -0.3 is 9.47 Å². The number of aromatic nitrogens is 2. The Morgan fingerprint density at radius 2 is 1.53 bits per heavy atom. The summed E-state index contributed by atoms with van der Waals surface area (Å²) >= 11 is 0. The monoisotopic (exact) mass is 403 g/mol. The van der Waals surface area contributed by atoms with E-state index in [0.717, 1.165) is 6.54 Å². The molecular formula is C26H31N2O2+. The Balaban J connectivity index is 1.75. The van der Waals surface area contributed by atoms with E-state index in [9.17, 15) is 0 Å². The molecule has 0 N–H and O–H groups in total. The van der Waals surface area contributed by atoms with Crippen molar-refractivity contribution in [3.05, 3.63) is 89.5 Å². The normalized spacial score (nSPS) is 22.5. The van der Waals surface area contributed by atoms with E-state index in [1.165, 1.54) is 22.5 Å². The molecule has 2 aromatic carbocycles. The third kappa shape index (κ3) is 2.50. The molecule has 2 bridgehead atoms. The van der Waals surface area contributed by atoms with Crippen LogP contribution >= 0.6 is 0 Å². The van der Waals surface area contributed by atoms with Crippen molar-refractivity contribution in [3.63, 3.8) is 0 Å². The van der Waals surface area contributed by atoms with Crippen LogP contribution in [0, 0.1) is 5.41 Å². The lowest BCUT2D eigenvalue weighted by molar-refractivity contribution is -0.755. The fraction of sp³-hybridized carbons (Fsp3) is 0.423. The van der Waals surface area contributed by atoms with Crippen molar-refractivity contribution in [3.8, 4) is 0 Å². The molecule has 3 heterocycles. The molecule has 1 aromatic heterocycles. The zero-order chi connectivity index (χ0) is 20.9. The van der Waals surface area contributed by atoms with E-state index in [1.807, 2.05) is 0 Å². The molecule has 0 saturated heterocycles. The molecule has 3 aromatic rings. The minimum Gasteiger partial charge on any atom is -0.348 e. The van der Waals surface area contributed by atoms with Crippen LogP contribution in [-0.4, -0.2) is 23.6 Å². The SMILES string of the molecule is CCOC1(OCC)[C@H]2c3ccccc3[C@H]([n+]3ccn(Cc4ccccc4)c32)C1(C)C. The van der Waals surface area contributed by atoms with Gasteiger partial charge >= 0.3 is 0 Å². The second-order valence-corrected chi connectivity index (χ2v) is 8.90. The van der Waals surface area contributed by atoms with Crippen molar-refractivity contribution in [2.45, 2.75) is 52.0 Å². The maximum Gasteiger partial charge on any atom is 0.270 e. The smallest absolute Gasteiger partial charge is 0.270 e. The lowest BCUT2D eigenvalue weighted by Gasteiger charge is -2.58. The summed E-state index contributed by atoms with van der Waals surface area (Å²) in [5.74, 6) is 0.568. The zero-order valence-electron chi connectivity index (χ0n) is 18.3. The third-order valence-electron chi connectivity index (χ3n) is 6.98. The molecule has 0 spiro atoms. The second-order valence-electron chi connectivity index (χ2n) is 8.90. The molecule has 2 atom stereocenters. The summed E-state index contributed by atoms with van der Waals surface area (Å²) in [5.41, 5.74) is 3.78. The molecule has 1 aliphatic carbocycles. The topological polar surface area (TPSA) is 27.3 Å². The van der Waals surface area contributed by atoms with Crippen LogP contribution < -0.4 is 4.57 Å². The molecule has 3 aliphatic rings. The zero-order valence-corrected chi connectivity index (χ0v) is 18.3. The van der Waals surface area contributed by atoms with Gasteiger partial charge in [-0.3, -0.25) is 0 Å². The van der Waals surface area contributed by atoms with Crippen LogP contribution in [0.15, 0.2) is 67.0 Å². The third-order valence-corrected chi connectivity index (χ3v) is 6.98. The summed E-state index contributed by atoms with van der Waals surface area (Å²) in [6, 6.07) is 19.6. The van der Waals surface area contributed by atoms with Crippen molar-refractivity contribution >= 4 is 0 Å². The van der Waals surface area contributed by atoms with Gasteiger partial charge in [0.05, 0.1) is 5.41 Å². The van der Waals surface area contributed by atoms with E-state index in [2.05, 4.69) is 104 Å². The largest absolute Gasteiger partial charge is 0.348 e. The molecule has 4 nitrogen and oxygen atoms in total. The molecule has 0 unspecified atom stereocenters. The average Bonchev–Trinajstić information content (AvgIpc) is 3.14. The lowest BCUT2D eigenvalue weighted by atomic mass is 9.58. The highest BCUT2D eigenvalue weighted by Gasteiger charge is 2.70. The van der Waals surface area contributed by atoms with E-state index in [-0.39, 0.29) is 17.4 Å². The maximum absolute atomic E-state index is 6.60. The first-order valence-electron chi connectivity index (χ1n) is 11.1. The molecule has 30 heavy (non-hydrogen) atoms. The number of ether oxygens (including phenoxy) is 2. The summed E-state index contributed by atoms with van der Waals surface area (Å²) in [7, 11) is 0. The van der Waals surface area contributed by atoms with Crippen LogP contribution in [0.5, 0.6) is 0 Å². The number of hydrogen-bond acceptors (Lipinski definition) is 2. The molecule has 4 heteroatoms. The van der Waals surface area contributed by atoms with Gasteiger partial charge in [0, 0.05) is 18.8 Å². The number of imidazole rings is 1. The van der Waals surface area contributed by atoms with Gasteiger partial charge in [0.2, 0.25) is 0 Å².